The molecule has 1 unspecified atom stereocenters. The molecule has 0 saturated heterocycles. The van der Waals surface area contributed by atoms with Gasteiger partial charge in [0.25, 0.3) is 0 Å². The smallest absolute Gasteiger partial charge is 0.351 e. The topological polar surface area (TPSA) is 123 Å². The molecule has 0 aliphatic carbocycles. The van der Waals surface area contributed by atoms with E-state index in [0.717, 1.165) is 11.1 Å². The molecule has 9 nitrogen and oxygen atoms in total. The van der Waals surface area contributed by atoms with Crippen LogP contribution in [0.25, 0.3) is 0 Å². The third kappa shape index (κ3) is 8.09. The van der Waals surface area contributed by atoms with Crippen LogP contribution >= 0.6 is 7.60 Å². The van der Waals surface area contributed by atoms with Gasteiger partial charge in [0, 0.05) is 20.0 Å². The zero-order chi connectivity index (χ0) is 25.0. The fraction of sp³-hybridized carbons (Fsp3) is 0.375. The Morgan fingerprint density at radius 1 is 0.794 bits per heavy atom. The average Bonchev–Trinajstić information content (AvgIpc) is 2.82. The summed E-state index contributed by atoms with van der Waals surface area (Å²) in [6.45, 7) is 4.70. The molecule has 0 aliphatic heterocycles. The van der Waals surface area contributed by atoms with E-state index < -0.39 is 37.0 Å². The summed E-state index contributed by atoms with van der Waals surface area (Å²) < 4.78 is 24.4. The molecule has 1 atom stereocenters. The van der Waals surface area contributed by atoms with Gasteiger partial charge in [0.15, 0.2) is 5.78 Å². The lowest BCUT2D eigenvalue weighted by molar-refractivity contribution is -0.136. The van der Waals surface area contributed by atoms with Crippen LogP contribution in [-0.2, 0) is 41.1 Å². The third-order valence-electron chi connectivity index (χ3n) is 4.81. The molecule has 0 aromatic heterocycles. The highest BCUT2D eigenvalue weighted by atomic mass is 31.2. The number of carbonyl (C=O) groups excluding carboxylic acids is 3. The number of rotatable bonds is 13. The first kappa shape index (κ1) is 27.2. The molecule has 10 heteroatoms. The van der Waals surface area contributed by atoms with Crippen LogP contribution in [0.2, 0.25) is 0 Å². The molecule has 184 valence electrons. The van der Waals surface area contributed by atoms with Gasteiger partial charge in [-0.05, 0) is 25.0 Å². The first-order valence-corrected chi connectivity index (χ1v) is 12.7. The van der Waals surface area contributed by atoms with Gasteiger partial charge in [-0.25, -0.2) is 0 Å². The quantitative estimate of drug-likeness (QED) is 0.294. The number of hydrogen-bond donors (Lipinski definition) is 3. The van der Waals surface area contributed by atoms with Crippen molar-refractivity contribution in [3.63, 3.8) is 0 Å². The van der Waals surface area contributed by atoms with Crippen LogP contribution in [0.4, 0.5) is 0 Å². The van der Waals surface area contributed by atoms with E-state index in [0.29, 0.717) is 0 Å². The molecule has 2 aromatic carbocycles. The zero-order valence-corrected chi connectivity index (χ0v) is 20.5. The van der Waals surface area contributed by atoms with Gasteiger partial charge in [-0.1, -0.05) is 60.7 Å². The van der Waals surface area contributed by atoms with E-state index in [-0.39, 0.29) is 26.3 Å². The Labute approximate surface area is 200 Å². The normalized spacial score (nSPS) is 12.1. The Hall–Kier alpha value is -3.00. The summed E-state index contributed by atoms with van der Waals surface area (Å²) in [5.74, 6) is -5.10. The predicted molar refractivity (Wildman–Crippen MR) is 129 cm³/mol. The predicted octanol–water partition coefficient (Wildman–Crippen LogP) is 2.96. The van der Waals surface area contributed by atoms with Gasteiger partial charge in [0.1, 0.15) is 5.92 Å². The summed E-state index contributed by atoms with van der Waals surface area (Å²) in [6.07, 6.45) is 0. The first-order chi connectivity index (χ1) is 16.3. The lowest BCUT2D eigenvalue weighted by Crippen LogP contribution is -2.53. The zero-order valence-electron chi connectivity index (χ0n) is 19.7. The summed E-state index contributed by atoms with van der Waals surface area (Å²) in [7, 11) is -4.09. The average molecular weight is 490 g/mol. The van der Waals surface area contributed by atoms with Crippen molar-refractivity contribution in [2.45, 2.75) is 39.6 Å². The second kappa shape index (κ2) is 13.6. The van der Waals surface area contributed by atoms with Gasteiger partial charge >= 0.3 is 7.60 Å². The lowest BCUT2D eigenvalue weighted by atomic mass is 10.1. The van der Waals surface area contributed by atoms with Gasteiger partial charge in [0.2, 0.25) is 17.7 Å². The van der Waals surface area contributed by atoms with Crippen LogP contribution in [0.3, 0.4) is 0 Å². The van der Waals surface area contributed by atoms with E-state index in [2.05, 4.69) is 16.0 Å². The monoisotopic (exact) mass is 489 g/mol. The summed E-state index contributed by atoms with van der Waals surface area (Å²) in [6, 6.07) is 18.3. The van der Waals surface area contributed by atoms with E-state index in [1.807, 2.05) is 60.7 Å². The minimum absolute atomic E-state index is 0.00263. The van der Waals surface area contributed by atoms with Crippen molar-refractivity contribution in [1.82, 2.24) is 16.0 Å². The Bertz CT molecular complexity index is 921. The Morgan fingerprint density at radius 3 is 1.56 bits per heavy atom. The largest absolute Gasteiger partial charge is 0.354 e. The molecule has 0 bridgehead atoms. The van der Waals surface area contributed by atoms with Crippen molar-refractivity contribution in [3.8, 4) is 0 Å². The third-order valence-corrected chi connectivity index (χ3v) is 7.15. The van der Waals surface area contributed by atoms with E-state index in [1.54, 1.807) is 13.8 Å². The molecule has 0 heterocycles. The maximum atomic E-state index is 13.6. The Morgan fingerprint density at radius 2 is 1.21 bits per heavy atom. The van der Waals surface area contributed by atoms with Crippen molar-refractivity contribution in [2.24, 2.45) is 5.92 Å². The maximum absolute atomic E-state index is 13.6. The van der Waals surface area contributed by atoms with Gasteiger partial charge in [0.05, 0.1) is 13.2 Å². The highest BCUT2D eigenvalue weighted by Gasteiger charge is 2.48. The van der Waals surface area contributed by atoms with Crippen LogP contribution in [0, 0.1) is 5.92 Å². The van der Waals surface area contributed by atoms with Crippen LogP contribution in [0.15, 0.2) is 60.7 Å². The molecule has 34 heavy (non-hydrogen) atoms. The standard InChI is InChI=1S/C24H32N3O6P/c1-4-32-34(31,33-5-2)24(27-18(3)28)21(22(29)25-16-19-12-8-6-9-13-19)23(30)26-17-20-14-10-7-11-15-20/h6-15,21,24H,4-5,16-17H2,1-3H3,(H,25,29)(H,26,30)(H,27,28). The molecule has 3 amide bonds. The molecular formula is C24H32N3O6P. The molecule has 3 N–H and O–H groups in total. The number of amides is 3. The molecule has 0 fully saturated rings. The number of carbonyl (C=O) groups is 3. The van der Waals surface area contributed by atoms with Crippen LogP contribution in [-0.4, -0.2) is 36.7 Å². The second-order valence-electron chi connectivity index (χ2n) is 7.41. The lowest BCUT2D eigenvalue weighted by Gasteiger charge is -2.31. The highest BCUT2D eigenvalue weighted by Crippen LogP contribution is 2.54. The number of benzene rings is 2. The van der Waals surface area contributed by atoms with Crippen LogP contribution in [0.5, 0.6) is 0 Å². The van der Waals surface area contributed by atoms with Crippen LogP contribution in [0.1, 0.15) is 31.9 Å². The van der Waals surface area contributed by atoms with Crippen molar-refractivity contribution in [1.29, 1.82) is 0 Å². The fourth-order valence-corrected chi connectivity index (χ4v) is 5.40. The Kier molecular flexibility index (Phi) is 10.9. The number of nitrogens with one attached hydrogen (secondary N) is 3. The fourth-order valence-electron chi connectivity index (χ4n) is 3.31. The molecule has 0 saturated carbocycles. The number of hydrogen-bond acceptors (Lipinski definition) is 6. The molecule has 2 aromatic rings. The van der Waals surface area contributed by atoms with Gasteiger partial charge in [-0.2, -0.15) is 0 Å². The highest BCUT2D eigenvalue weighted by molar-refractivity contribution is 7.54. The Balaban J connectivity index is 2.37. The molecule has 2 rings (SSSR count). The van der Waals surface area contributed by atoms with E-state index in [9.17, 15) is 18.9 Å². The van der Waals surface area contributed by atoms with Gasteiger partial charge < -0.3 is 25.0 Å². The summed E-state index contributed by atoms with van der Waals surface area (Å²) >= 11 is 0. The summed E-state index contributed by atoms with van der Waals surface area (Å²) in [5, 5.41) is 7.88. The molecule has 0 aliphatic rings. The molecule has 0 spiro atoms. The summed E-state index contributed by atoms with van der Waals surface area (Å²) in [5.41, 5.74) is 1.63. The van der Waals surface area contributed by atoms with Crippen LogP contribution < -0.4 is 16.0 Å². The van der Waals surface area contributed by atoms with Crippen molar-refractivity contribution >= 4 is 25.3 Å². The molecule has 0 radical (unpaired) electrons. The first-order valence-electron chi connectivity index (χ1n) is 11.1. The van der Waals surface area contributed by atoms with Crippen molar-refractivity contribution in [2.75, 3.05) is 13.2 Å². The minimum atomic E-state index is -4.09. The van der Waals surface area contributed by atoms with Gasteiger partial charge in [-0.3, -0.25) is 18.9 Å². The molecular weight excluding hydrogens is 457 g/mol. The minimum Gasteiger partial charge on any atom is -0.351 e. The maximum Gasteiger partial charge on any atom is 0.354 e. The van der Waals surface area contributed by atoms with E-state index in [1.165, 1.54) is 6.92 Å². The summed E-state index contributed by atoms with van der Waals surface area (Å²) in [4.78, 5) is 38.6. The van der Waals surface area contributed by atoms with Crippen molar-refractivity contribution < 1.29 is 28.0 Å². The van der Waals surface area contributed by atoms with Gasteiger partial charge in [-0.15, -0.1) is 0 Å². The van der Waals surface area contributed by atoms with E-state index in [4.69, 9.17) is 9.05 Å². The SMILES string of the molecule is CCOP(=O)(OCC)C(NC(C)=O)C(C(=O)NCc1ccccc1)C(=O)NCc1ccccc1. The van der Waals surface area contributed by atoms with Crippen molar-refractivity contribution in [3.05, 3.63) is 71.8 Å². The second-order valence-corrected chi connectivity index (χ2v) is 9.56. The van der Waals surface area contributed by atoms with E-state index >= 15 is 0 Å².